The van der Waals surface area contributed by atoms with E-state index in [0.29, 0.717) is 0 Å². The van der Waals surface area contributed by atoms with E-state index < -0.39 is 21.8 Å². The maximum atomic E-state index is 13.5. The van der Waals surface area contributed by atoms with Crippen molar-refractivity contribution in [1.82, 2.24) is 0 Å². The summed E-state index contributed by atoms with van der Waals surface area (Å²) in [4.78, 5) is 10.8. The van der Waals surface area contributed by atoms with E-state index >= 15 is 0 Å². The second-order valence-corrected chi connectivity index (χ2v) is 5.93. The fraction of sp³-hybridized carbons (Fsp3) is 0.0714. The highest BCUT2D eigenvalue weighted by Crippen LogP contribution is 2.24. The van der Waals surface area contributed by atoms with Crippen LogP contribution >= 0.6 is 0 Å². The minimum absolute atomic E-state index is 0.0253. The molecule has 0 radical (unpaired) electrons. The number of carboxylic acids is 1. The van der Waals surface area contributed by atoms with Gasteiger partial charge in [0.1, 0.15) is 17.1 Å². The zero-order chi connectivity index (χ0) is 16.3. The topological polar surface area (TPSA) is 92.7 Å². The first-order valence-corrected chi connectivity index (χ1v) is 7.52. The molecule has 116 valence electrons. The number of anilines is 1. The molecule has 2 aromatic carbocycles. The van der Waals surface area contributed by atoms with Gasteiger partial charge in [-0.15, -0.1) is 0 Å². The molecule has 0 unspecified atom stereocenters. The standard InChI is InChI=1S/C14H12FNO5S/c1-21-13-7-6-9(8-10(13)14(17)18)22(19,20)16-12-5-3-2-4-11(12)15/h2-8,16H,1H3,(H,17,18). The van der Waals surface area contributed by atoms with Crippen LogP contribution in [0.4, 0.5) is 10.1 Å². The Balaban J connectivity index is 2.44. The Hall–Kier alpha value is -2.61. The zero-order valence-electron chi connectivity index (χ0n) is 11.4. The van der Waals surface area contributed by atoms with Crippen LogP contribution in [0.5, 0.6) is 5.75 Å². The van der Waals surface area contributed by atoms with Crippen molar-refractivity contribution in [2.75, 3.05) is 11.8 Å². The van der Waals surface area contributed by atoms with Gasteiger partial charge < -0.3 is 9.84 Å². The van der Waals surface area contributed by atoms with E-state index in [1.165, 1.54) is 37.4 Å². The highest BCUT2D eigenvalue weighted by molar-refractivity contribution is 7.92. The molecule has 0 aliphatic heterocycles. The molecular weight excluding hydrogens is 313 g/mol. The number of halogens is 1. The Morgan fingerprint density at radius 3 is 2.50 bits per heavy atom. The Labute approximate surface area is 126 Å². The largest absolute Gasteiger partial charge is 0.496 e. The van der Waals surface area contributed by atoms with E-state index in [4.69, 9.17) is 9.84 Å². The number of methoxy groups -OCH3 is 1. The number of benzene rings is 2. The number of aromatic carboxylic acids is 1. The summed E-state index contributed by atoms with van der Waals surface area (Å²) in [6, 6.07) is 8.60. The van der Waals surface area contributed by atoms with E-state index in [1.54, 1.807) is 0 Å². The maximum absolute atomic E-state index is 13.5. The van der Waals surface area contributed by atoms with Crippen LogP contribution in [0, 0.1) is 5.82 Å². The van der Waals surface area contributed by atoms with Crippen LogP contribution in [-0.4, -0.2) is 26.6 Å². The predicted octanol–water partition coefficient (Wildman–Crippen LogP) is 2.33. The van der Waals surface area contributed by atoms with Crippen molar-refractivity contribution >= 4 is 21.7 Å². The lowest BCUT2D eigenvalue weighted by atomic mass is 10.2. The SMILES string of the molecule is COc1ccc(S(=O)(=O)Nc2ccccc2F)cc1C(=O)O. The molecule has 0 bridgehead atoms. The van der Waals surface area contributed by atoms with Gasteiger partial charge in [0.05, 0.1) is 17.7 Å². The van der Waals surface area contributed by atoms with Gasteiger partial charge in [-0.2, -0.15) is 0 Å². The van der Waals surface area contributed by atoms with Crippen LogP contribution in [0.3, 0.4) is 0 Å². The fourth-order valence-electron chi connectivity index (χ4n) is 1.77. The average Bonchev–Trinajstić information content (AvgIpc) is 2.48. The van der Waals surface area contributed by atoms with Crippen molar-refractivity contribution in [3.05, 3.63) is 53.8 Å². The minimum Gasteiger partial charge on any atom is -0.496 e. The van der Waals surface area contributed by atoms with Crippen molar-refractivity contribution in [3.8, 4) is 5.75 Å². The van der Waals surface area contributed by atoms with Crippen LogP contribution < -0.4 is 9.46 Å². The number of nitrogens with one attached hydrogen (secondary N) is 1. The van der Waals surface area contributed by atoms with Crippen LogP contribution in [-0.2, 0) is 10.0 Å². The first-order valence-electron chi connectivity index (χ1n) is 6.04. The van der Waals surface area contributed by atoms with Gasteiger partial charge >= 0.3 is 5.97 Å². The number of sulfonamides is 1. The lowest BCUT2D eigenvalue weighted by Crippen LogP contribution is -2.15. The third-order valence-corrected chi connectivity index (χ3v) is 4.19. The summed E-state index contributed by atoms with van der Waals surface area (Å²) in [5.41, 5.74) is -0.533. The number of hydrogen-bond acceptors (Lipinski definition) is 4. The van der Waals surface area contributed by atoms with Crippen molar-refractivity contribution in [2.24, 2.45) is 0 Å². The van der Waals surface area contributed by atoms with Gasteiger partial charge in [0.15, 0.2) is 0 Å². The number of carboxylic acid groups (broad SMARTS) is 1. The quantitative estimate of drug-likeness (QED) is 0.880. The second-order valence-electron chi connectivity index (χ2n) is 4.25. The van der Waals surface area contributed by atoms with Gasteiger partial charge in [-0.1, -0.05) is 12.1 Å². The first-order chi connectivity index (χ1) is 10.3. The van der Waals surface area contributed by atoms with E-state index in [1.807, 2.05) is 0 Å². The maximum Gasteiger partial charge on any atom is 0.339 e. The second kappa shape index (κ2) is 6.02. The summed E-state index contributed by atoms with van der Waals surface area (Å²) in [5.74, 6) is -2.05. The first kappa shape index (κ1) is 15.8. The molecule has 6 nitrogen and oxygen atoms in total. The summed E-state index contributed by atoms with van der Waals surface area (Å²) >= 11 is 0. The Bertz CT molecular complexity index is 820. The van der Waals surface area contributed by atoms with Gasteiger partial charge in [-0.25, -0.2) is 17.6 Å². The molecule has 2 N–H and O–H groups in total. The molecule has 0 spiro atoms. The Kier molecular flexibility index (Phi) is 4.32. The summed E-state index contributed by atoms with van der Waals surface area (Å²) in [7, 11) is -2.85. The van der Waals surface area contributed by atoms with Gasteiger partial charge in [-0.3, -0.25) is 4.72 Å². The van der Waals surface area contributed by atoms with Gasteiger partial charge in [-0.05, 0) is 30.3 Å². The third kappa shape index (κ3) is 3.17. The molecule has 0 aromatic heterocycles. The molecule has 2 aromatic rings. The van der Waals surface area contributed by atoms with E-state index in [9.17, 15) is 17.6 Å². The molecule has 0 aliphatic carbocycles. The van der Waals surface area contributed by atoms with Gasteiger partial charge in [0.2, 0.25) is 0 Å². The molecule has 0 heterocycles. The molecule has 0 saturated heterocycles. The number of carbonyl (C=O) groups is 1. The minimum atomic E-state index is -4.13. The third-order valence-electron chi connectivity index (χ3n) is 2.83. The van der Waals surface area contributed by atoms with Crippen molar-refractivity contribution < 1.29 is 27.4 Å². The molecule has 0 aliphatic rings. The molecule has 0 amide bonds. The van der Waals surface area contributed by atoms with Crippen molar-refractivity contribution in [1.29, 1.82) is 0 Å². The van der Waals surface area contributed by atoms with Crippen LogP contribution in [0.1, 0.15) is 10.4 Å². The summed E-state index contributed by atoms with van der Waals surface area (Å²) in [6.07, 6.45) is 0. The lowest BCUT2D eigenvalue weighted by molar-refractivity contribution is 0.0693. The van der Waals surface area contributed by atoms with E-state index in [0.717, 1.165) is 12.1 Å². The number of para-hydroxylation sites is 1. The molecule has 22 heavy (non-hydrogen) atoms. The average molecular weight is 325 g/mol. The van der Waals surface area contributed by atoms with E-state index in [2.05, 4.69) is 4.72 Å². The molecule has 0 atom stereocenters. The van der Waals surface area contributed by atoms with Crippen LogP contribution in [0.25, 0.3) is 0 Å². The molecule has 2 rings (SSSR count). The van der Waals surface area contributed by atoms with Gasteiger partial charge in [0.25, 0.3) is 10.0 Å². The molecule has 0 fully saturated rings. The summed E-state index contributed by atoms with van der Waals surface area (Å²) < 4.78 is 44.9. The monoisotopic (exact) mass is 325 g/mol. The molecule has 0 saturated carbocycles. The van der Waals surface area contributed by atoms with Gasteiger partial charge in [0, 0.05) is 0 Å². The van der Waals surface area contributed by atoms with Crippen LogP contribution in [0.15, 0.2) is 47.4 Å². The highest BCUT2D eigenvalue weighted by atomic mass is 32.2. The Morgan fingerprint density at radius 1 is 1.23 bits per heavy atom. The van der Waals surface area contributed by atoms with E-state index in [-0.39, 0.29) is 21.9 Å². The number of ether oxygens (including phenoxy) is 1. The number of hydrogen-bond donors (Lipinski definition) is 2. The lowest BCUT2D eigenvalue weighted by Gasteiger charge is -2.11. The summed E-state index contributed by atoms with van der Waals surface area (Å²) in [6.45, 7) is 0. The van der Waals surface area contributed by atoms with Crippen molar-refractivity contribution in [2.45, 2.75) is 4.90 Å². The highest BCUT2D eigenvalue weighted by Gasteiger charge is 2.20. The summed E-state index contributed by atoms with van der Waals surface area (Å²) in [5, 5.41) is 9.07. The number of rotatable bonds is 5. The predicted molar refractivity (Wildman–Crippen MR) is 77.2 cm³/mol. The molecule has 8 heteroatoms. The smallest absolute Gasteiger partial charge is 0.339 e. The normalized spacial score (nSPS) is 11.0. The Morgan fingerprint density at radius 2 is 1.91 bits per heavy atom. The van der Waals surface area contributed by atoms with Crippen molar-refractivity contribution in [3.63, 3.8) is 0 Å². The fourth-order valence-corrected chi connectivity index (χ4v) is 2.86. The van der Waals surface area contributed by atoms with Crippen LogP contribution in [0.2, 0.25) is 0 Å². The zero-order valence-corrected chi connectivity index (χ0v) is 12.2. The molecular formula is C14H12FNO5S.